The molecule has 11 nitrogen and oxygen atoms in total. The van der Waals surface area contributed by atoms with Gasteiger partial charge in [-0.15, -0.1) is 0 Å². The van der Waals surface area contributed by atoms with Gasteiger partial charge in [0.2, 0.25) is 10.0 Å². The maximum absolute atomic E-state index is 12.8. The first kappa shape index (κ1) is 25.2. The molecule has 0 radical (unpaired) electrons. The van der Waals surface area contributed by atoms with Crippen molar-refractivity contribution in [2.45, 2.75) is 36.3 Å². The van der Waals surface area contributed by atoms with E-state index in [-0.39, 0.29) is 35.4 Å². The van der Waals surface area contributed by atoms with Gasteiger partial charge in [-0.2, -0.15) is 0 Å². The lowest BCUT2D eigenvalue weighted by Gasteiger charge is -2.37. The van der Waals surface area contributed by atoms with Crippen molar-refractivity contribution >= 4 is 27.7 Å². The van der Waals surface area contributed by atoms with E-state index in [1.165, 1.54) is 17.0 Å². The Morgan fingerprint density at radius 1 is 1.14 bits per heavy atom. The Morgan fingerprint density at radius 3 is 2.62 bits per heavy atom. The van der Waals surface area contributed by atoms with Crippen molar-refractivity contribution < 1.29 is 27.9 Å². The highest BCUT2D eigenvalue weighted by molar-refractivity contribution is 7.89. The molecular weight excluding hydrogens is 498 g/mol. The van der Waals surface area contributed by atoms with Crippen LogP contribution < -0.4 is 10.0 Å². The molecule has 3 N–H and O–H groups in total. The minimum atomic E-state index is -3.70. The fourth-order valence-corrected chi connectivity index (χ4v) is 6.08. The van der Waals surface area contributed by atoms with Crippen LogP contribution in [0.25, 0.3) is 5.65 Å². The number of carbonyl (C=O) groups excluding carboxylic acids is 1. The van der Waals surface area contributed by atoms with Gasteiger partial charge in [-0.25, -0.2) is 22.9 Å². The van der Waals surface area contributed by atoms with E-state index < -0.39 is 16.1 Å². The third kappa shape index (κ3) is 5.60. The topological polar surface area (TPSA) is 142 Å². The number of piperidine rings is 1. The van der Waals surface area contributed by atoms with Gasteiger partial charge in [0.05, 0.1) is 22.7 Å². The summed E-state index contributed by atoms with van der Waals surface area (Å²) >= 11 is 0. The number of aromatic nitrogens is 2. The third-order valence-electron chi connectivity index (χ3n) is 7.13. The van der Waals surface area contributed by atoms with E-state index in [2.05, 4.69) is 15.0 Å². The lowest BCUT2D eigenvalue weighted by atomic mass is 9.85. The normalized spacial score (nSPS) is 19.4. The van der Waals surface area contributed by atoms with Gasteiger partial charge in [0.1, 0.15) is 5.65 Å². The first-order valence-corrected chi connectivity index (χ1v) is 13.6. The van der Waals surface area contributed by atoms with Crippen LogP contribution in [0.4, 0.5) is 4.79 Å². The quantitative estimate of drug-likeness (QED) is 0.427. The number of fused-ring (bicyclic) bond motifs is 1. The number of pyridine rings is 1. The van der Waals surface area contributed by atoms with Gasteiger partial charge in [0, 0.05) is 44.8 Å². The van der Waals surface area contributed by atoms with Crippen molar-refractivity contribution in [3.63, 3.8) is 0 Å². The van der Waals surface area contributed by atoms with Crippen molar-refractivity contribution in [2.75, 3.05) is 26.2 Å². The summed E-state index contributed by atoms with van der Waals surface area (Å²) in [5, 5.41) is 12.0. The molecule has 1 aromatic carbocycles. The van der Waals surface area contributed by atoms with Gasteiger partial charge >= 0.3 is 6.09 Å². The summed E-state index contributed by atoms with van der Waals surface area (Å²) < 4.78 is 36.1. The summed E-state index contributed by atoms with van der Waals surface area (Å²) in [5.41, 5.74) is 1.66. The highest BCUT2D eigenvalue weighted by Gasteiger charge is 2.43. The maximum atomic E-state index is 12.8. The smallest absolute Gasteiger partial charge is 0.407 e. The van der Waals surface area contributed by atoms with E-state index in [0.29, 0.717) is 44.5 Å². The largest absolute Gasteiger partial charge is 0.465 e. The van der Waals surface area contributed by atoms with Crippen LogP contribution in [0, 0.1) is 5.92 Å². The second-order valence-corrected chi connectivity index (χ2v) is 11.4. The van der Waals surface area contributed by atoms with Crippen molar-refractivity contribution in [1.29, 1.82) is 0 Å². The average molecular weight is 528 g/mol. The average Bonchev–Trinajstić information content (AvgIpc) is 3.53. The lowest BCUT2D eigenvalue weighted by Crippen LogP contribution is -2.46. The molecule has 5 rings (SSSR count). The molecule has 1 spiro atoms. The Hall–Kier alpha value is -3.48. The Labute approximate surface area is 214 Å². The van der Waals surface area contributed by atoms with E-state index in [0.717, 1.165) is 11.2 Å². The number of benzene rings is 1. The summed E-state index contributed by atoms with van der Waals surface area (Å²) in [5.74, 6) is -0.207. The molecular formula is C25H29N5O6S. The van der Waals surface area contributed by atoms with Gasteiger partial charge in [-0.05, 0) is 55.0 Å². The monoisotopic (exact) mass is 527 g/mol. The number of rotatable bonds is 7. The molecule has 2 saturated heterocycles. The second kappa shape index (κ2) is 10.1. The number of carbonyl (C=O) groups is 2. The highest BCUT2D eigenvalue weighted by Crippen LogP contribution is 2.38. The number of hydrogen-bond donors (Lipinski definition) is 3. The van der Waals surface area contributed by atoms with E-state index in [1.807, 2.05) is 0 Å². The van der Waals surface area contributed by atoms with Gasteiger partial charge < -0.3 is 24.5 Å². The van der Waals surface area contributed by atoms with Gasteiger partial charge in [0.25, 0.3) is 5.91 Å². The highest BCUT2D eigenvalue weighted by atomic mass is 32.2. The molecule has 0 bridgehead atoms. The summed E-state index contributed by atoms with van der Waals surface area (Å²) in [6.07, 6.45) is 6.16. The van der Waals surface area contributed by atoms with E-state index in [1.54, 1.807) is 47.3 Å². The third-order valence-corrected chi connectivity index (χ3v) is 8.57. The maximum Gasteiger partial charge on any atom is 0.407 e. The number of nitrogens with one attached hydrogen (secondary N) is 2. The summed E-state index contributed by atoms with van der Waals surface area (Å²) in [6, 6.07) is 9.87. The van der Waals surface area contributed by atoms with Crippen molar-refractivity contribution in [3.8, 4) is 0 Å². The molecule has 3 aromatic rings. The zero-order valence-corrected chi connectivity index (χ0v) is 21.0. The zero-order chi connectivity index (χ0) is 26.0. The Morgan fingerprint density at radius 2 is 1.89 bits per heavy atom. The molecule has 0 aliphatic carbocycles. The van der Waals surface area contributed by atoms with Crippen LogP contribution in [-0.2, 0) is 21.3 Å². The van der Waals surface area contributed by atoms with Crippen molar-refractivity contribution in [2.24, 2.45) is 5.92 Å². The SMILES string of the molecule is O=C(NCc1ccc(S(=O)(=O)NCC2COC3(CCN(C(=O)O)CC3)C2)cc1)c1ccc2nccn2c1. The van der Waals surface area contributed by atoms with Gasteiger partial charge in [-0.1, -0.05) is 12.1 Å². The van der Waals surface area contributed by atoms with Crippen LogP contribution in [0.3, 0.4) is 0 Å². The Kier molecular flexibility index (Phi) is 6.88. The molecule has 4 heterocycles. The van der Waals surface area contributed by atoms with Crippen LogP contribution >= 0.6 is 0 Å². The Bertz CT molecular complexity index is 1400. The van der Waals surface area contributed by atoms with Crippen molar-refractivity contribution in [1.82, 2.24) is 24.3 Å². The molecule has 196 valence electrons. The predicted octanol–water partition coefficient (Wildman–Crippen LogP) is 2.09. The molecule has 2 aliphatic rings. The number of carboxylic acid groups (broad SMARTS) is 1. The first-order chi connectivity index (χ1) is 17.7. The Balaban J connectivity index is 1.11. The number of hydrogen-bond acceptors (Lipinski definition) is 6. The van der Waals surface area contributed by atoms with Gasteiger partial charge in [0.15, 0.2) is 0 Å². The fraction of sp³-hybridized carbons (Fsp3) is 0.400. The minimum Gasteiger partial charge on any atom is -0.465 e. The minimum absolute atomic E-state index is 0.0298. The van der Waals surface area contributed by atoms with Crippen LogP contribution in [-0.4, -0.2) is 71.7 Å². The molecule has 1 unspecified atom stereocenters. The van der Waals surface area contributed by atoms with Crippen molar-refractivity contribution in [3.05, 3.63) is 66.1 Å². The summed E-state index contributed by atoms with van der Waals surface area (Å²) in [4.78, 5) is 29.3. The van der Waals surface area contributed by atoms with E-state index in [9.17, 15) is 18.0 Å². The lowest BCUT2D eigenvalue weighted by molar-refractivity contribution is -0.0396. The molecule has 2 amide bonds. The van der Waals surface area contributed by atoms with Crippen LogP contribution in [0.2, 0.25) is 0 Å². The summed E-state index contributed by atoms with van der Waals surface area (Å²) in [7, 11) is -3.70. The number of sulfonamides is 1. The molecule has 12 heteroatoms. The number of imidazole rings is 1. The molecule has 2 aromatic heterocycles. The van der Waals surface area contributed by atoms with Crippen LogP contribution in [0.5, 0.6) is 0 Å². The van der Waals surface area contributed by atoms with E-state index in [4.69, 9.17) is 9.84 Å². The second-order valence-electron chi connectivity index (χ2n) is 9.62. The van der Waals surface area contributed by atoms with Crippen LogP contribution in [0.15, 0.2) is 59.9 Å². The first-order valence-electron chi connectivity index (χ1n) is 12.1. The zero-order valence-electron chi connectivity index (χ0n) is 20.2. The number of likely N-dealkylation sites (tertiary alicyclic amines) is 1. The number of ether oxygens (including phenoxy) is 1. The molecule has 37 heavy (non-hydrogen) atoms. The van der Waals surface area contributed by atoms with Gasteiger partial charge in [-0.3, -0.25) is 4.79 Å². The summed E-state index contributed by atoms with van der Waals surface area (Å²) in [6.45, 7) is 1.82. The number of amides is 2. The number of nitrogens with zero attached hydrogens (tertiary/aromatic N) is 3. The van der Waals surface area contributed by atoms with E-state index >= 15 is 0 Å². The fourth-order valence-electron chi connectivity index (χ4n) is 4.96. The molecule has 2 fully saturated rings. The van der Waals surface area contributed by atoms with Crippen LogP contribution in [0.1, 0.15) is 35.2 Å². The molecule has 1 atom stereocenters. The molecule has 0 saturated carbocycles. The predicted molar refractivity (Wildman–Crippen MR) is 134 cm³/mol. The standard InChI is InChI=1S/C25H29N5O6S/c31-23(20-3-6-22-26-9-12-30(22)16-20)27-14-18-1-4-21(5-2-18)37(34,35)28-15-19-13-25(36-17-19)7-10-29(11-8-25)24(32)33/h1-6,9,12,16,19,28H,7-8,10-11,13-15,17H2,(H,27,31)(H,32,33). The molecule has 2 aliphatic heterocycles.